The third kappa shape index (κ3) is 4.08. The minimum absolute atomic E-state index is 0.0202. The summed E-state index contributed by atoms with van der Waals surface area (Å²) in [7, 11) is 1.53. The Morgan fingerprint density at radius 1 is 1.23 bits per heavy atom. The highest BCUT2D eigenvalue weighted by atomic mass is 19.4. The van der Waals surface area contributed by atoms with E-state index < -0.39 is 18.0 Å². The summed E-state index contributed by atoms with van der Waals surface area (Å²) < 4.78 is 42.6. The van der Waals surface area contributed by atoms with Crippen LogP contribution in [-0.2, 0) is 6.18 Å². The lowest BCUT2D eigenvalue weighted by Gasteiger charge is -2.13. The van der Waals surface area contributed by atoms with Crippen molar-refractivity contribution in [2.75, 3.05) is 19.0 Å². The van der Waals surface area contributed by atoms with Gasteiger partial charge in [0.1, 0.15) is 11.4 Å². The molecule has 0 bridgehead atoms. The zero-order chi connectivity index (χ0) is 16.2. The van der Waals surface area contributed by atoms with Gasteiger partial charge in [-0.3, -0.25) is 0 Å². The molecule has 1 aromatic carbocycles. The number of benzene rings is 1. The number of nitrogens with one attached hydrogen (secondary N) is 1. The summed E-state index contributed by atoms with van der Waals surface area (Å²) in [6, 6.07) is 7.47. The fraction of sp³-hybridized carbons (Fsp3) is 0.286. The first-order chi connectivity index (χ1) is 10.4. The molecular weight excluding hydrogens is 299 g/mol. The van der Waals surface area contributed by atoms with Crippen LogP contribution in [-0.4, -0.2) is 28.7 Å². The van der Waals surface area contributed by atoms with Crippen molar-refractivity contribution in [2.24, 2.45) is 0 Å². The first-order valence-corrected chi connectivity index (χ1v) is 6.36. The molecular formula is C14H14F3N3O2. The Balaban J connectivity index is 2.00. The second-order valence-electron chi connectivity index (χ2n) is 4.43. The van der Waals surface area contributed by atoms with Crippen molar-refractivity contribution in [3.05, 3.63) is 47.8 Å². The molecule has 118 valence electrons. The Morgan fingerprint density at radius 2 is 1.91 bits per heavy atom. The molecule has 0 fully saturated rings. The molecule has 22 heavy (non-hydrogen) atoms. The lowest BCUT2D eigenvalue weighted by molar-refractivity contribution is -0.141. The van der Waals surface area contributed by atoms with Gasteiger partial charge in [0.25, 0.3) is 0 Å². The summed E-state index contributed by atoms with van der Waals surface area (Å²) in [5, 5.41) is 12.6. The number of anilines is 1. The summed E-state index contributed by atoms with van der Waals surface area (Å²) >= 11 is 0. The molecule has 0 aliphatic rings. The maximum Gasteiger partial charge on any atom is 0.433 e. The van der Waals surface area contributed by atoms with Crippen molar-refractivity contribution in [1.29, 1.82) is 0 Å². The number of ether oxygens (including phenoxy) is 1. The van der Waals surface area contributed by atoms with Crippen LogP contribution in [0.15, 0.2) is 36.5 Å². The molecule has 0 spiro atoms. The van der Waals surface area contributed by atoms with Gasteiger partial charge in [0, 0.05) is 12.7 Å². The van der Waals surface area contributed by atoms with E-state index >= 15 is 0 Å². The van der Waals surface area contributed by atoms with Gasteiger partial charge in [0.2, 0.25) is 5.95 Å². The Hall–Kier alpha value is -2.35. The van der Waals surface area contributed by atoms with E-state index in [0.29, 0.717) is 11.3 Å². The summed E-state index contributed by atoms with van der Waals surface area (Å²) in [5.41, 5.74) is -0.441. The van der Waals surface area contributed by atoms with Gasteiger partial charge in [-0.05, 0) is 23.8 Å². The largest absolute Gasteiger partial charge is 0.497 e. The molecule has 1 aromatic heterocycles. The van der Waals surface area contributed by atoms with Gasteiger partial charge in [-0.2, -0.15) is 13.2 Å². The molecule has 2 rings (SSSR count). The zero-order valence-corrected chi connectivity index (χ0v) is 11.6. The number of nitrogens with zero attached hydrogens (tertiary/aromatic N) is 2. The average molecular weight is 313 g/mol. The van der Waals surface area contributed by atoms with E-state index in [-0.39, 0.29) is 12.5 Å². The number of methoxy groups -OCH3 is 1. The summed E-state index contributed by atoms with van der Waals surface area (Å²) in [4.78, 5) is 7.05. The maximum atomic E-state index is 12.5. The summed E-state index contributed by atoms with van der Waals surface area (Å²) in [6.45, 7) is -0.0202. The van der Waals surface area contributed by atoms with Gasteiger partial charge in [-0.1, -0.05) is 12.1 Å². The van der Waals surface area contributed by atoms with E-state index in [0.717, 1.165) is 12.3 Å². The van der Waals surface area contributed by atoms with Crippen LogP contribution in [0.5, 0.6) is 5.75 Å². The number of aromatic nitrogens is 2. The lowest BCUT2D eigenvalue weighted by atomic mass is 10.1. The molecule has 5 nitrogen and oxygen atoms in total. The highest BCUT2D eigenvalue weighted by molar-refractivity contribution is 5.31. The topological polar surface area (TPSA) is 67.3 Å². The van der Waals surface area contributed by atoms with Crippen molar-refractivity contribution in [3.63, 3.8) is 0 Å². The van der Waals surface area contributed by atoms with E-state index in [1.807, 2.05) is 0 Å². The van der Waals surface area contributed by atoms with Crippen LogP contribution in [0.1, 0.15) is 17.4 Å². The standard InChI is InChI=1S/C14H14F3N3O2/c1-22-10-4-2-9(3-5-10)11(21)8-19-13-18-7-6-12(20-13)14(15,16)17/h2-7,11,21H,8H2,1H3,(H,18,19,20)/t11-/m1/s1. The number of aliphatic hydroxyl groups excluding tert-OH is 1. The number of hydrogen-bond acceptors (Lipinski definition) is 5. The second-order valence-corrected chi connectivity index (χ2v) is 4.43. The van der Waals surface area contributed by atoms with E-state index in [1.165, 1.54) is 7.11 Å². The van der Waals surface area contributed by atoms with Crippen molar-refractivity contribution in [3.8, 4) is 5.75 Å². The van der Waals surface area contributed by atoms with Crippen LogP contribution in [0.25, 0.3) is 0 Å². The fourth-order valence-electron chi connectivity index (χ4n) is 1.73. The second kappa shape index (κ2) is 6.61. The maximum absolute atomic E-state index is 12.5. The van der Waals surface area contributed by atoms with Gasteiger partial charge in [0.15, 0.2) is 0 Å². The quantitative estimate of drug-likeness (QED) is 0.888. The summed E-state index contributed by atoms with van der Waals surface area (Å²) in [5.74, 6) is 0.451. The predicted molar refractivity (Wildman–Crippen MR) is 73.5 cm³/mol. The third-order valence-corrected chi connectivity index (χ3v) is 2.90. The van der Waals surface area contributed by atoms with Gasteiger partial charge >= 0.3 is 6.18 Å². The van der Waals surface area contributed by atoms with E-state index in [1.54, 1.807) is 24.3 Å². The number of alkyl halides is 3. The normalized spacial score (nSPS) is 12.8. The SMILES string of the molecule is COc1ccc([C@H](O)CNc2nccc(C(F)(F)F)n2)cc1. The zero-order valence-electron chi connectivity index (χ0n) is 11.6. The van der Waals surface area contributed by atoms with Crippen LogP contribution in [0, 0.1) is 0 Å². The summed E-state index contributed by atoms with van der Waals surface area (Å²) in [6.07, 6.45) is -4.43. The molecule has 0 amide bonds. The number of rotatable bonds is 5. The fourth-order valence-corrected chi connectivity index (χ4v) is 1.73. The molecule has 1 heterocycles. The smallest absolute Gasteiger partial charge is 0.433 e. The first-order valence-electron chi connectivity index (χ1n) is 6.36. The van der Waals surface area contributed by atoms with Gasteiger partial charge in [0.05, 0.1) is 13.2 Å². The molecule has 0 aliphatic heterocycles. The van der Waals surface area contributed by atoms with E-state index in [4.69, 9.17) is 4.74 Å². The molecule has 0 unspecified atom stereocenters. The monoisotopic (exact) mass is 313 g/mol. The highest BCUT2D eigenvalue weighted by Gasteiger charge is 2.32. The Labute approximate surface area is 124 Å². The molecule has 1 atom stereocenters. The highest BCUT2D eigenvalue weighted by Crippen LogP contribution is 2.27. The average Bonchev–Trinajstić information content (AvgIpc) is 2.52. The minimum Gasteiger partial charge on any atom is -0.497 e. The Morgan fingerprint density at radius 3 is 2.50 bits per heavy atom. The van der Waals surface area contributed by atoms with E-state index in [9.17, 15) is 18.3 Å². The Kier molecular flexibility index (Phi) is 4.81. The van der Waals surface area contributed by atoms with Crippen LogP contribution < -0.4 is 10.1 Å². The van der Waals surface area contributed by atoms with Crippen LogP contribution in [0.4, 0.5) is 19.1 Å². The predicted octanol–water partition coefficient (Wildman–Crippen LogP) is 2.65. The van der Waals surface area contributed by atoms with E-state index in [2.05, 4.69) is 15.3 Å². The molecule has 8 heteroatoms. The van der Waals surface area contributed by atoms with Crippen molar-refractivity contribution in [1.82, 2.24) is 9.97 Å². The van der Waals surface area contributed by atoms with Gasteiger partial charge in [-0.25, -0.2) is 9.97 Å². The minimum atomic E-state index is -4.53. The van der Waals surface area contributed by atoms with Crippen molar-refractivity contribution < 1.29 is 23.0 Å². The molecule has 0 saturated heterocycles. The van der Waals surface area contributed by atoms with Crippen LogP contribution >= 0.6 is 0 Å². The molecule has 0 saturated carbocycles. The molecule has 0 radical (unpaired) electrons. The molecule has 2 aromatic rings. The molecule has 2 N–H and O–H groups in total. The first kappa shape index (κ1) is 16.0. The van der Waals surface area contributed by atoms with Crippen molar-refractivity contribution >= 4 is 5.95 Å². The van der Waals surface area contributed by atoms with Gasteiger partial charge < -0.3 is 15.2 Å². The van der Waals surface area contributed by atoms with Crippen LogP contribution in [0.3, 0.4) is 0 Å². The number of hydrogen-bond donors (Lipinski definition) is 2. The third-order valence-electron chi connectivity index (χ3n) is 2.90. The molecule has 0 aliphatic carbocycles. The Bertz CT molecular complexity index is 617. The van der Waals surface area contributed by atoms with Gasteiger partial charge in [-0.15, -0.1) is 0 Å². The van der Waals surface area contributed by atoms with Crippen LogP contribution in [0.2, 0.25) is 0 Å². The number of aliphatic hydroxyl groups is 1. The number of halogens is 3. The lowest BCUT2D eigenvalue weighted by Crippen LogP contribution is -2.16. The van der Waals surface area contributed by atoms with Crippen molar-refractivity contribution in [2.45, 2.75) is 12.3 Å².